The van der Waals surface area contributed by atoms with Crippen molar-refractivity contribution in [3.05, 3.63) is 24.3 Å². The van der Waals surface area contributed by atoms with Crippen LogP contribution in [0.3, 0.4) is 0 Å². The first-order valence-corrected chi connectivity index (χ1v) is 11.8. The maximum Gasteiger partial charge on any atom is 0.316 e. The summed E-state index contributed by atoms with van der Waals surface area (Å²) in [5.74, 6) is 3.26. The van der Waals surface area contributed by atoms with Crippen molar-refractivity contribution in [1.82, 2.24) is 14.8 Å². The summed E-state index contributed by atoms with van der Waals surface area (Å²) in [5, 5.41) is 9.40. The molecule has 1 aromatic heterocycles. The van der Waals surface area contributed by atoms with E-state index in [2.05, 4.69) is 37.9 Å². The van der Waals surface area contributed by atoms with Crippen LogP contribution in [0.15, 0.2) is 29.4 Å². The molecule has 7 heteroatoms. The molecule has 1 aliphatic rings. The molecule has 1 aliphatic carbocycles. The third-order valence-electron chi connectivity index (χ3n) is 5.94. The van der Waals surface area contributed by atoms with E-state index in [0.717, 1.165) is 41.7 Å². The number of rotatable bonds is 8. The van der Waals surface area contributed by atoms with Gasteiger partial charge in [-0.15, -0.1) is 10.2 Å². The largest absolute Gasteiger partial charge is 0.497 e. The predicted molar refractivity (Wildman–Crippen MR) is 120 cm³/mol. The molecule has 0 bridgehead atoms. The Morgan fingerprint density at radius 2 is 1.97 bits per heavy atom. The van der Waals surface area contributed by atoms with Crippen LogP contribution < -0.4 is 4.74 Å². The average Bonchev–Trinajstić information content (AvgIpc) is 3.15. The molecule has 1 saturated carbocycles. The third kappa shape index (κ3) is 5.36. The van der Waals surface area contributed by atoms with Crippen LogP contribution in [-0.4, -0.2) is 39.7 Å². The lowest BCUT2D eigenvalue weighted by molar-refractivity contribution is -0.152. The van der Waals surface area contributed by atoms with E-state index < -0.39 is 0 Å². The van der Waals surface area contributed by atoms with Gasteiger partial charge in [0.15, 0.2) is 11.0 Å². The highest BCUT2D eigenvalue weighted by Gasteiger charge is 2.33. The van der Waals surface area contributed by atoms with Crippen molar-refractivity contribution in [2.75, 3.05) is 12.9 Å². The van der Waals surface area contributed by atoms with Crippen LogP contribution in [0.5, 0.6) is 5.75 Å². The lowest BCUT2D eigenvalue weighted by Gasteiger charge is -2.36. The molecular weight excluding hydrogens is 398 g/mol. The van der Waals surface area contributed by atoms with Gasteiger partial charge in [-0.25, -0.2) is 0 Å². The number of thioether (sulfide) groups is 1. The van der Waals surface area contributed by atoms with Gasteiger partial charge in [0.05, 0.1) is 12.9 Å². The van der Waals surface area contributed by atoms with Crippen molar-refractivity contribution in [1.29, 1.82) is 0 Å². The van der Waals surface area contributed by atoms with Crippen molar-refractivity contribution in [3.63, 3.8) is 0 Å². The van der Waals surface area contributed by atoms with Gasteiger partial charge in [0.2, 0.25) is 0 Å². The van der Waals surface area contributed by atoms with E-state index in [1.807, 2.05) is 28.8 Å². The minimum atomic E-state index is -0.165. The molecule has 1 heterocycles. The maximum absolute atomic E-state index is 12.6. The fourth-order valence-corrected chi connectivity index (χ4v) is 5.00. The summed E-state index contributed by atoms with van der Waals surface area (Å²) in [6.07, 6.45) is 3.35. The van der Waals surface area contributed by atoms with Gasteiger partial charge in [0.1, 0.15) is 11.9 Å². The highest BCUT2D eigenvalue weighted by Crippen LogP contribution is 2.35. The van der Waals surface area contributed by atoms with Crippen LogP contribution in [0.25, 0.3) is 11.4 Å². The van der Waals surface area contributed by atoms with Crippen LogP contribution in [0.1, 0.15) is 47.0 Å². The van der Waals surface area contributed by atoms with Gasteiger partial charge in [-0.05, 0) is 61.8 Å². The van der Waals surface area contributed by atoms with E-state index in [1.165, 1.54) is 18.2 Å². The first-order chi connectivity index (χ1) is 14.4. The number of benzene rings is 1. The first kappa shape index (κ1) is 22.7. The third-order valence-corrected chi connectivity index (χ3v) is 6.88. The van der Waals surface area contributed by atoms with Crippen molar-refractivity contribution < 1.29 is 14.3 Å². The summed E-state index contributed by atoms with van der Waals surface area (Å²) in [4.78, 5) is 12.6. The highest BCUT2D eigenvalue weighted by molar-refractivity contribution is 7.99. The second-order valence-corrected chi connectivity index (χ2v) is 9.36. The van der Waals surface area contributed by atoms with E-state index in [9.17, 15) is 4.79 Å². The van der Waals surface area contributed by atoms with Crippen molar-refractivity contribution >= 4 is 17.7 Å². The number of hydrogen-bond donors (Lipinski definition) is 0. The molecule has 0 N–H and O–H groups in total. The molecule has 0 saturated heterocycles. The molecule has 3 atom stereocenters. The number of nitrogens with zero attached hydrogens (tertiary/aromatic N) is 3. The molecule has 30 heavy (non-hydrogen) atoms. The Morgan fingerprint density at radius 1 is 1.23 bits per heavy atom. The fraction of sp³-hybridized carbons (Fsp3) is 0.609. The van der Waals surface area contributed by atoms with Crippen LogP contribution in [0.2, 0.25) is 0 Å². The van der Waals surface area contributed by atoms with Gasteiger partial charge < -0.3 is 14.0 Å². The topological polar surface area (TPSA) is 66.2 Å². The lowest BCUT2D eigenvalue weighted by Crippen LogP contribution is -2.36. The highest BCUT2D eigenvalue weighted by atomic mass is 32.2. The molecule has 3 rings (SSSR count). The standard InChI is InChI=1S/C23H33N3O3S/c1-6-26-22(17-8-10-18(28-5)11-9-17)24-25-23(26)30-14-21(27)29-20-13-16(4)7-12-19(20)15(2)3/h8-11,15-16,19-20H,6-7,12-14H2,1-5H3/t16-,19-,20-/m1/s1. The molecule has 2 aromatic rings. The van der Waals surface area contributed by atoms with Gasteiger partial charge in [-0.1, -0.05) is 39.0 Å². The summed E-state index contributed by atoms with van der Waals surface area (Å²) in [5.41, 5.74) is 0.968. The second kappa shape index (κ2) is 10.3. The molecule has 1 aromatic carbocycles. The van der Waals surface area contributed by atoms with Gasteiger partial charge in [0.25, 0.3) is 0 Å². The molecule has 0 aliphatic heterocycles. The SMILES string of the molecule is CCn1c(SCC(=O)O[C@@H]2C[C@H](C)CC[C@@H]2C(C)C)nnc1-c1ccc(OC)cc1. The molecule has 0 unspecified atom stereocenters. The Kier molecular flexibility index (Phi) is 7.81. The van der Waals surface area contributed by atoms with Gasteiger partial charge in [-0.2, -0.15) is 0 Å². The van der Waals surface area contributed by atoms with Gasteiger partial charge >= 0.3 is 5.97 Å². The summed E-state index contributed by atoms with van der Waals surface area (Å²) >= 11 is 1.39. The van der Waals surface area contributed by atoms with Crippen molar-refractivity contribution in [2.45, 2.75) is 64.8 Å². The normalized spacial score (nSPS) is 21.6. The quantitative estimate of drug-likeness (QED) is 0.429. The minimum absolute atomic E-state index is 0.0285. The van der Waals surface area contributed by atoms with Crippen molar-refractivity contribution in [2.24, 2.45) is 17.8 Å². The van der Waals surface area contributed by atoms with E-state index in [-0.39, 0.29) is 17.8 Å². The number of aromatic nitrogens is 3. The molecule has 1 fully saturated rings. The van der Waals surface area contributed by atoms with Crippen molar-refractivity contribution in [3.8, 4) is 17.1 Å². The molecule has 6 nitrogen and oxygen atoms in total. The Bertz CT molecular complexity index is 835. The summed E-state index contributed by atoms with van der Waals surface area (Å²) in [7, 11) is 1.65. The van der Waals surface area contributed by atoms with Crippen LogP contribution >= 0.6 is 11.8 Å². The average molecular weight is 432 g/mol. The molecular formula is C23H33N3O3S. The summed E-state index contributed by atoms with van der Waals surface area (Å²) in [6.45, 7) is 9.47. The zero-order valence-electron chi connectivity index (χ0n) is 18.6. The monoisotopic (exact) mass is 431 g/mol. The lowest BCUT2D eigenvalue weighted by atomic mass is 9.75. The summed E-state index contributed by atoms with van der Waals surface area (Å²) < 4.78 is 13.2. The van der Waals surface area contributed by atoms with Crippen LogP contribution in [0.4, 0.5) is 0 Å². The van der Waals surface area contributed by atoms with E-state index in [4.69, 9.17) is 9.47 Å². The molecule has 164 valence electrons. The molecule has 0 spiro atoms. The maximum atomic E-state index is 12.6. The van der Waals surface area contributed by atoms with Gasteiger partial charge in [-0.3, -0.25) is 4.79 Å². The molecule has 0 radical (unpaired) electrons. The van der Waals surface area contributed by atoms with E-state index in [1.54, 1.807) is 7.11 Å². The van der Waals surface area contributed by atoms with Gasteiger partial charge in [0, 0.05) is 12.1 Å². The van der Waals surface area contributed by atoms with E-state index >= 15 is 0 Å². The van der Waals surface area contributed by atoms with E-state index in [0.29, 0.717) is 17.8 Å². The van der Waals surface area contributed by atoms with Crippen LogP contribution in [0, 0.1) is 17.8 Å². The fourth-order valence-electron chi connectivity index (χ4n) is 4.21. The number of esters is 1. The van der Waals surface area contributed by atoms with Crippen LogP contribution in [-0.2, 0) is 16.1 Å². The Hall–Kier alpha value is -2.02. The number of methoxy groups -OCH3 is 1. The molecule has 0 amide bonds. The Morgan fingerprint density at radius 3 is 2.60 bits per heavy atom. The Labute approximate surface area is 183 Å². The first-order valence-electron chi connectivity index (χ1n) is 10.8. The predicted octanol–water partition coefficient (Wildman–Crippen LogP) is 5.07. The second-order valence-electron chi connectivity index (χ2n) is 8.42. The number of ether oxygens (including phenoxy) is 2. The minimum Gasteiger partial charge on any atom is -0.497 e. The number of carbonyl (C=O) groups excluding carboxylic acids is 1. The number of carbonyl (C=O) groups is 1. The zero-order chi connectivity index (χ0) is 21.7. The smallest absolute Gasteiger partial charge is 0.316 e. The Balaban J connectivity index is 1.63. The zero-order valence-corrected chi connectivity index (χ0v) is 19.4. The summed E-state index contributed by atoms with van der Waals surface area (Å²) in [6, 6.07) is 7.75. The number of hydrogen-bond acceptors (Lipinski definition) is 6.